The highest BCUT2D eigenvalue weighted by Crippen LogP contribution is 2.36. The molecule has 0 aliphatic carbocycles. The van der Waals surface area contributed by atoms with E-state index in [4.69, 9.17) is 27.4 Å². The normalized spacial score (nSPS) is 11.1. The molecule has 3 aromatic carbocycles. The lowest BCUT2D eigenvalue weighted by Crippen LogP contribution is -2.09. The molecule has 0 saturated heterocycles. The molecule has 3 aromatic rings. The lowest BCUT2D eigenvalue weighted by molar-refractivity contribution is 0.268. The number of benzene rings is 3. The lowest BCUT2D eigenvalue weighted by Gasteiger charge is -2.16. The molecule has 0 radical (unpaired) electrons. The molecule has 2 N–H and O–H groups in total. The summed E-state index contributed by atoms with van der Waals surface area (Å²) in [7, 11) is 0. The number of nitriles is 1. The third kappa shape index (κ3) is 5.05. The van der Waals surface area contributed by atoms with Crippen LogP contribution in [0.4, 0.5) is 0 Å². The Hall–Kier alpha value is -2.63. The molecule has 146 valence electrons. The Balaban J connectivity index is 1.94. The zero-order valence-corrected chi connectivity index (χ0v) is 18.8. The molecule has 0 aliphatic rings. The van der Waals surface area contributed by atoms with Gasteiger partial charge in [-0.05, 0) is 69.6 Å². The molecular formula is C23H19IN2O2S. The van der Waals surface area contributed by atoms with Gasteiger partial charge in [-0.2, -0.15) is 5.26 Å². The molecule has 3 rings (SSSR count). The SMILES string of the molecule is CCOc1cc(/C=C(\C#N)C(N)=S)cc(I)c1OCc1cccc2ccccc12. The van der Waals surface area contributed by atoms with Gasteiger partial charge in [-0.3, -0.25) is 0 Å². The van der Waals surface area contributed by atoms with Gasteiger partial charge in [0.15, 0.2) is 11.5 Å². The van der Waals surface area contributed by atoms with Crippen molar-refractivity contribution in [3.05, 3.63) is 74.9 Å². The van der Waals surface area contributed by atoms with Gasteiger partial charge in [0.25, 0.3) is 0 Å². The van der Waals surface area contributed by atoms with Crippen molar-refractivity contribution in [2.75, 3.05) is 6.61 Å². The number of nitrogens with zero attached hydrogens (tertiary/aromatic N) is 1. The molecule has 4 nitrogen and oxygen atoms in total. The van der Waals surface area contributed by atoms with Gasteiger partial charge >= 0.3 is 0 Å². The standard InChI is InChI=1S/C23H19IN2O2S/c1-2-27-21-12-15(10-18(13-25)23(26)29)11-20(24)22(21)28-14-17-8-5-7-16-6-3-4-9-19(16)17/h3-12H,2,14H2,1H3,(H2,26,29)/b18-10+. The Labute approximate surface area is 189 Å². The third-order valence-corrected chi connectivity index (χ3v) is 5.30. The monoisotopic (exact) mass is 514 g/mol. The highest BCUT2D eigenvalue weighted by molar-refractivity contribution is 14.1. The largest absolute Gasteiger partial charge is 0.490 e. The van der Waals surface area contributed by atoms with Crippen LogP contribution in [0.1, 0.15) is 18.1 Å². The Morgan fingerprint density at radius 1 is 1.17 bits per heavy atom. The summed E-state index contributed by atoms with van der Waals surface area (Å²) in [5.41, 5.74) is 7.73. The van der Waals surface area contributed by atoms with Crippen LogP contribution in [-0.2, 0) is 6.61 Å². The fraction of sp³-hybridized carbons (Fsp3) is 0.130. The number of thiocarbonyl (C=S) groups is 1. The summed E-state index contributed by atoms with van der Waals surface area (Å²) in [6.07, 6.45) is 1.65. The van der Waals surface area contributed by atoms with E-state index in [1.165, 1.54) is 5.39 Å². The third-order valence-electron chi connectivity index (χ3n) is 4.28. The van der Waals surface area contributed by atoms with E-state index in [1.54, 1.807) is 6.08 Å². The molecule has 6 heteroatoms. The van der Waals surface area contributed by atoms with Gasteiger partial charge in [-0.15, -0.1) is 0 Å². The minimum absolute atomic E-state index is 0.0664. The van der Waals surface area contributed by atoms with Gasteiger partial charge in [-0.1, -0.05) is 54.7 Å². The van der Waals surface area contributed by atoms with Gasteiger partial charge in [0.2, 0.25) is 0 Å². The summed E-state index contributed by atoms with van der Waals surface area (Å²) in [4.78, 5) is 0.0664. The minimum Gasteiger partial charge on any atom is -0.490 e. The smallest absolute Gasteiger partial charge is 0.175 e. The topological polar surface area (TPSA) is 68.3 Å². The molecule has 0 aromatic heterocycles. The Bertz CT molecular complexity index is 1130. The fourth-order valence-corrected chi connectivity index (χ4v) is 3.85. The van der Waals surface area contributed by atoms with E-state index < -0.39 is 0 Å². The van der Waals surface area contributed by atoms with E-state index in [2.05, 4.69) is 46.9 Å². The van der Waals surface area contributed by atoms with E-state index in [0.29, 0.717) is 24.7 Å². The van der Waals surface area contributed by atoms with Gasteiger partial charge in [0, 0.05) is 0 Å². The maximum atomic E-state index is 9.21. The Morgan fingerprint density at radius 2 is 1.93 bits per heavy atom. The summed E-state index contributed by atoms with van der Waals surface area (Å²) >= 11 is 7.13. The van der Waals surface area contributed by atoms with Gasteiger partial charge in [-0.25, -0.2) is 0 Å². The first-order valence-electron chi connectivity index (χ1n) is 9.01. The van der Waals surface area contributed by atoms with Crippen LogP contribution in [0.3, 0.4) is 0 Å². The van der Waals surface area contributed by atoms with Crippen LogP contribution in [0.5, 0.6) is 11.5 Å². The van der Waals surface area contributed by atoms with Gasteiger partial charge in [0.1, 0.15) is 17.7 Å². The van der Waals surface area contributed by atoms with Crippen molar-refractivity contribution in [1.82, 2.24) is 0 Å². The maximum Gasteiger partial charge on any atom is 0.175 e. The van der Waals surface area contributed by atoms with E-state index in [-0.39, 0.29) is 10.6 Å². The van der Waals surface area contributed by atoms with Gasteiger partial charge in [0.05, 0.1) is 15.8 Å². The quantitative estimate of drug-likeness (QED) is 0.192. The molecule has 0 unspecified atom stereocenters. The second-order valence-corrected chi connectivity index (χ2v) is 7.83. The van der Waals surface area contributed by atoms with Crippen molar-refractivity contribution in [2.24, 2.45) is 5.73 Å². The molecule has 0 fully saturated rings. The van der Waals surface area contributed by atoms with Crippen molar-refractivity contribution in [3.8, 4) is 17.6 Å². The number of halogens is 1. The van der Waals surface area contributed by atoms with Crippen LogP contribution in [0.25, 0.3) is 16.8 Å². The van der Waals surface area contributed by atoms with Crippen LogP contribution >= 0.6 is 34.8 Å². The van der Waals surface area contributed by atoms with E-state index in [1.807, 2.05) is 43.3 Å². The number of rotatable bonds is 7. The summed E-state index contributed by atoms with van der Waals surface area (Å²) in [5, 5.41) is 11.5. The average molecular weight is 514 g/mol. The van der Waals surface area contributed by atoms with Crippen LogP contribution < -0.4 is 15.2 Å². The average Bonchev–Trinajstić information content (AvgIpc) is 2.71. The summed E-state index contributed by atoms with van der Waals surface area (Å²) < 4.78 is 12.9. The number of hydrogen-bond donors (Lipinski definition) is 1. The van der Waals surface area contributed by atoms with Crippen molar-refractivity contribution in [2.45, 2.75) is 13.5 Å². The second-order valence-electron chi connectivity index (χ2n) is 6.22. The van der Waals surface area contributed by atoms with Crippen LogP contribution in [0.15, 0.2) is 60.2 Å². The first kappa shape index (κ1) is 21.1. The summed E-state index contributed by atoms with van der Waals surface area (Å²) in [6.45, 7) is 2.83. The fourth-order valence-electron chi connectivity index (χ4n) is 2.97. The highest BCUT2D eigenvalue weighted by atomic mass is 127. The zero-order valence-electron chi connectivity index (χ0n) is 15.8. The second kappa shape index (κ2) is 9.72. The summed E-state index contributed by atoms with van der Waals surface area (Å²) in [6, 6.07) is 20.2. The number of fused-ring (bicyclic) bond motifs is 1. The Morgan fingerprint density at radius 3 is 2.66 bits per heavy atom. The van der Waals surface area contributed by atoms with Gasteiger partial charge < -0.3 is 15.2 Å². The molecule has 0 aliphatic heterocycles. The first-order chi connectivity index (χ1) is 14.0. The van der Waals surface area contributed by atoms with Crippen molar-refractivity contribution < 1.29 is 9.47 Å². The molecule has 0 saturated carbocycles. The van der Waals surface area contributed by atoms with Crippen LogP contribution in [0.2, 0.25) is 0 Å². The van der Waals surface area contributed by atoms with Crippen LogP contribution in [0, 0.1) is 14.9 Å². The zero-order chi connectivity index (χ0) is 20.8. The molecule has 0 atom stereocenters. The molecule has 0 bridgehead atoms. The predicted molar refractivity (Wildman–Crippen MR) is 129 cm³/mol. The van der Waals surface area contributed by atoms with E-state index >= 15 is 0 Å². The van der Waals surface area contributed by atoms with Crippen molar-refractivity contribution >= 4 is 56.6 Å². The summed E-state index contributed by atoms with van der Waals surface area (Å²) in [5.74, 6) is 1.29. The van der Waals surface area contributed by atoms with Crippen LogP contribution in [-0.4, -0.2) is 11.6 Å². The first-order valence-corrected chi connectivity index (χ1v) is 10.5. The number of nitrogens with two attached hydrogens (primary N) is 1. The number of hydrogen-bond acceptors (Lipinski definition) is 4. The Kier molecular flexibility index (Phi) is 7.07. The number of ether oxygens (including phenoxy) is 2. The highest BCUT2D eigenvalue weighted by Gasteiger charge is 2.13. The lowest BCUT2D eigenvalue weighted by atomic mass is 10.1. The molecular weight excluding hydrogens is 495 g/mol. The molecule has 29 heavy (non-hydrogen) atoms. The molecule has 0 spiro atoms. The maximum absolute atomic E-state index is 9.21. The van der Waals surface area contributed by atoms with E-state index in [0.717, 1.165) is 20.1 Å². The predicted octanol–water partition coefficient (Wildman–Crippen LogP) is 5.62. The van der Waals surface area contributed by atoms with E-state index in [9.17, 15) is 5.26 Å². The molecule has 0 amide bonds. The van der Waals surface area contributed by atoms with Crippen molar-refractivity contribution in [3.63, 3.8) is 0 Å². The van der Waals surface area contributed by atoms with Crippen molar-refractivity contribution in [1.29, 1.82) is 5.26 Å². The minimum atomic E-state index is 0.0664. The molecule has 0 heterocycles.